The minimum Gasteiger partial charge on any atom is -0.477 e. The Morgan fingerprint density at radius 2 is 1.52 bits per heavy atom. The van der Waals surface area contributed by atoms with Crippen LogP contribution in [0, 0.1) is 6.92 Å². The van der Waals surface area contributed by atoms with Crippen LogP contribution in [-0.2, 0) is 4.74 Å². The smallest absolute Gasteiger partial charge is 0.412 e. The first-order valence-corrected chi connectivity index (χ1v) is 12.4. The van der Waals surface area contributed by atoms with Crippen molar-refractivity contribution in [2.45, 2.75) is 20.0 Å². The van der Waals surface area contributed by atoms with E-state index in [9.17, 15) is 14.7 Å². The third-order valence-electron chi connectivity index (χ3n) is 6.19. The third kappa shape index (κ3) is 5.83. The molecular formula is C31H25N3O6. The number of amides is 1. The zero-order valence-corrected chi connectivity index (χ0v) is 21.7. The Balaban J connectivity index is 1.28. The molecule has 0 saturated heterocycles. The molecule has 5 aromatic rings. The number of carbonyl (C=O) groups is 2. The summed E-state index contributed by atoms with van der Waals surface area (Å²) in [5, 5.41) is 16.1. The number of carboxylic acid groups (broad SMARTS) is 1. The quantitative estimate of drug-likeness (QED) is 0.209. The number of ether oxygens (including phenoxy) is 2. The molecule has 2 aromatic heterocycles. The first kappa shape index (κ1) is 26.2. The van der Waals surface area contributed by atoms with Gasteiger partial charge in [-0.2, -0.15) is 0 Å². The number of carboxylic acids is 1. The molecule has 9 nitrogen and oxygen atoms in total. The molecule has 0 saturated carbocycles. The van der Waals surface area contributed by atoms with E-state index in [1.807, 2.05) is 66.7 Å². The number of carbonyl (C=O) groups excluding carboxylic acids is 1. The number of aromatic nitrogens is 2. The summed E-state index contributed by atoms with van der Waals surface area (Å²) in [7, 11) is 0. The molecule has 0 spiro atoms. The first-order valence-electron chi connectivity index (χ1n) is 12.4. The van der Waals surface area contributed by atoms with Crippen LogP contribution in [0.4, 0.5) is 10.5 Å². The normalized spacial score (nSPS) is 11.4. The largest absolute Gasteiger partial charge is 0.477 e. The Bertz CT molecular complexity index is 1630. The predicted octanol–water partition coefficient (Wildman–Crippen LogP) is 7.51. The van der Waals surface area contributed by atoms with Crippen molar-refractivity contribution in [2.24, 2.45) is 0 Å². The number of pyridine rings is 1. The van der Waals surface area contributed by atoms with Crippen LogP contribution in [0.15, 0.2) is 102 Å². The molecule has 0 aliphatic rings. The Morgan fingerprint density at radius 1 is 0.875 bits per heavy atom. The van der Waals surface area contributed by atoms with E-state index < -0.39 is 18.2 Å². The SMILES string of the molecule is Cc1noc(-c2ccc(-c3ccc(Oc4ncccc4C(=O)O)cc3)cc2)c1NC(=O)O[C@H](C)c1ccccc1. The van der Waals surface area contributed by atoms with Crippen molar-refractivity contribution < 1.29 is 28.7 Å². The third-order valence-corrected chi connectivity index (χ3v) is 6.19. The van der Waals surface area contributed by atoms with Gasteiger partial charge in [0, 0.05) is 11.8 Å². The van der Waals surface area contributed by atoms with Gasteiger partial charge in [0.05, 0.1) is 0 Å². The van der Waals surface area contributed by atoms with E-state index in [1.54, 1.807) is 32.0 Å². The second-order valence-electron chi connectivity index (χ2n) is 8.92. The van der Waals surface area contributed by atoms with E-state index in [1.165, 1.54) is 12.3 Å². The summed E-state index contributed by atoms with van der Waals surface area (Å²) in [6.45, 7) is 3.55. The monoisotopic (exact) mass is 535 g/mol. The van der Waals surface area contributed by atoms with E-state index in [0.717, 1.165) is 22.3 Å². The second-order valence-corrected chi connectivity index (χ2v) is 8.92. The number of nitrogens with zero attached hydrogens (tertiary/aromatic N) is 2. The van der Waals surface area contributed by atoms with E-state index in [4.69, 9.17) is 14.0 Å². The minimum absolute atomic E-state index is 0.0161. The van der Waals surface area contributed by atoms with Crippen LogP contribution in [0.5, 0.6) is 11.6 Å². The van der Waals surface area contributed by atoms with E-state index in [-0.39, 0.29) is 11.4 Å². The zero-order valence-electron chi connectivity index (χ0n) is 21.7. The van der Waals surface area contributed by atoms with Gasteiger partial charge in [0.25, 0.3) is 0 Å². The summed E-state index contributed by atoms with van der Waals surface area (Å²) in [6.07, 6.45) is 0.441. The molecule has 0 aliphatic carbocycles. The fraction of sp³-hybridized carbons (Fsp3) is 0.0968. The van der Waals surface area contributed by atoms with Gasteiger partial charge < -0.3 is 19.1 Å². The fourth-order valence-electron chi connectivity index (χ4n) is 4.07. The van der Waals surface area contributed by atoms with Crippen LogP contribution in [-0.4, -0.2) is 27.3 Å². The summed E-state index contributed by atoms with van der Waals surface area (Å²) < 4.78 is 16.7. The number of hydrogen-bond acceptors (Lipinski definition) is 7. The van der Waals surface area contributed by atoms with Crippen molar-refractivity contribution in [3.8, 4) is 34.1 Å². The number of aryl methyl sites for hydroxylation is 1. The highest BCUT2D eigenvalue weighted by molar-refractivity contribution is 5.91. The van der Waals surface area contributed by atoms with Crippen LogP contribution in [0.1, 0.15) is 34.6 Å². The van der Waals surface area contributed by atoms with Crippen molar-refractivity contribution in [2.75, 3.05) is 5.32 Å². The number of benzene rings is 3. The lowest BCUT2D eigenvalue weighted by molar-refractivity contribution is 0.0693. The lowest BCUT2D eigenvalue weighted by Crippen LogP contribution is -2.16. The first-order chi connectivity index (χ1) is 19.4. The summed E-state index contributed by atoms with van der Waals surface area (Å²) >= 11 is 0. The average Bonchev–Trinajstić information content (AvgIpc) is 3.33. The maximum absolute atomic E-state index is 12.6. The van der Waals surface area contributed by atoms with E-state index in [2.05, 4.69) is 15.5 Å². The molecule has 0 aliphatic heterocycles. The fourth-order valence-corrected chi connectivity index (χ4v) is 4.07. The molecule has 2 N–H and O–H groups in total. The highest BCUT2D eigenvalue weighted by atomic mass is 16.6. The summed E-state index contributed by atoms with van der Waals surface area (Å²) in [5.74, 6) is -0.208. The van der Waals surface area contributed by atoms with Crippen molar-refractivity contribution in [3.05, 3.63) is 114 Å². The van der Waals surface area contributed by atoms with Gasteiger partial charge in [-0.25, -0.2) is 14.6 Å². The Morgan fingerprint density at radius 3 is 2.20 bits per heavy atom. The van der Waals surface area contributed by atoms with Gasteiger partial charge in [-0.15, -0.1) is 0 Å². The lowest BCUT2D eigenvalue weighted by Gasteiger charge is -2.14. The molecule has 1 atom stereocenters. The summed E-state index contributed by atoms with van der Waals surface area (Å²) in [5.41, 5.74) is 4.42. The number of anilines is 1. The minimum atomic E-state index is -1.11. The average molecular weight is 536 g/mol. The molecule has 5 rings (SSSR count). The van der Waals surface area contributed by atoms with Crippen LogP contribution in [0.3, 0.4) is 0 Å². The molecule has 2 heterocycles. The van der Waals surface area contributed by atoms with E-state index >= 15 is 0 Å². The molecule has 40 heavy (non-hydrogen) atoms. The number of rotatable bonds is 8. The Hall–Kier alpha value is -5.44. The highest BCUT2D eigenvalue weighted by Gasteiger charge is 2.20. The van der Waals surface area contributed by atoms with Crippen LogP contribution in [0.25, 0.3) is 22.5 Å². The Kier molecular flexibility index (Phi) is 7.54. The molecule has 0 fully saturated rings. The predicted molar refractivity (Wildman–Crippen MR) is 148 cm³/mol. The van der Waals surface area contributed by atoms with Gasteiger partial charge in [-0.3, -0.25) is 5.32 Å². The number of nitrogens with one attached hydrogen (secondary N) is 1. The van der Waals surface area contributed by atoms with Crippen molar-refractivity contribution in [1.82, 2.24) is 10.1 Å². The standard InChI is InChI=1S/C31H25N3O6/c1-19-27(33-31(37)38-20(2)21-7-4-3-5-8-21)28(40-34-19)24-12-10-22(11-13-24)23-14-16-25(17-15-23)39-29-26(30(35)36)9-6-18-32-29/h3-18,20H,1-2H3,(H,33,37)(H,35,36)/t20-/m1/s1. The highest BCUT2D eigenvalue weighted by Crippen LogP contribution is 2.33. The van der Waals surface area contributed by atoms with E-state index in [0.29, 0.717) is 22.9 Å². The molecule has 0 unspecified atom stereocenters. The van der Waals surface area contributed by atoms with Gasteiger partial charge in [0.15, 0.2) is 5.76 Å². The van der Waals surface area contributed by atoms with Gasteiger partial charge in [-0.05, 0) is 54.8 Å². The molecule has 3 aromatic carbocycles. The zero-order chi connectivity index (χ0) is 28.1. The van der Waals surface area contributed by atoms with Gasteiger partial charge in [-0.1, -0.05) is 71.9 Å². The van der Waals surface area contributed by atoms with Crippen molar-refractivity contribution >= 4 is 17.7 Å². The second kappa shape index (κ2) is 11.5. The molecular weight excluding hydrogens is 510 g/mol. The van der Waals surface area contributed by atoms with Crippen LogP contribution < -0.4 is 10.1 Å². The van der Waals surface area contributed by atoms with Gasteiger partial charge in [0.2, 0.25) is 5.88 Å². The lowest BCUT2D eigenvalue weighted by atomic mass is 10.0. The molecule has 0 bridgehead atoms. The molecule has 0 radical (unpaired) electrons. The maximum Gasteiger partial charge on any atom is 0.412 e. The van der Waals surface area contributed by atoms with Gasteiger partial charge in [0.1, 0.15) is 28.8 Å². The summed E-state index contributed by atoms with van der Waals surface area (Å²) in [6, 6.07) is 27.2. The topological polar surface area (TPSA) is 124 Å². The number of hydrogen-bond donors (Lipinski definition) is 2. The van der Waals surface area contributed by atoms with Crippen molar-refractivity contribution in [3.63, 3.8) is 0 Å². The van der Waals surface area contributed by atoms with Gasteiger partial charge >= 0.3 is 12.1 Å². The van der Waals surface area contributed by atoms with Crippen LogP contribution >= 0.6 is 0 Å². The Labute approximate surface area is 230 Å². The maximum atomic E-state index is 12.6. The molecule has 1 amide bonds. The number of aromatic carboxylic acids is 1. The summed E-state index contributed by atoms with van der Waals surface area (Å²) in [4.78, 5) is 28.0. The molecule has 200 valence electrons. The molecule has 9 heteroatoms. The van der Waals surface area contributed by atoms with Crippen LogP contribution in [0.2, 0.25) is 0 Å². The van der Waals surface area contributed by atoms with Crippen molar-refractivity contribution in [1.29, 1.82) is 0 Å².